The molecular weight excluding hydrogens is 288 g/mol. The minimum Gasteiger partial charge on any atom is -0.371 e. The fourth-order valence-electron chi connectivity index (χ4n) is 3.48. The molecule has 1 aromatic heterocycles. The Balaban J connectivity index is 1.61. The van der Waals surface area contributed by atoms with E-state index in [1.54, 1.807) is 0 Å². The van der Waals surface area contributed by atoms with Gasteiger partial charge in [-0.25, -0.2) is 0 Å². The average Bonchev–Trinajstić information content (AvgIpc) is 3.50. The first-order valence-corrected chi connectivity index (χ1v) is 8.25. The maximum atomic E-state index is 5.44. The summed E-state index contributed by atoms with van der Waals surface area (Å²) in [6.45, 7) is 3.68. The Hall–Kier alpha value is -2.04. The quantitative estimate of drug-likeness (QED) is 0.680. The molecule has 4 nitrogen and oxygen atoms in total. The van der Waals surface area contributed by atoms with Gasteiger partial charge in [-0.15, -0.1) is 0 Å². The molecule has 2 unspecified atom stereocenters. The Labute approximate surface area is 135 Å². The summed E-state index contributed by atoms with van der Waals surface area (Å²) in [4.78, 5) is 2.41. The number of benzene rings is 2. The van der Waals surface area contributed by atoms with E-state index in [4.69, 9.17) is 9.47 Å². The van der Waals surface area contributed by atoms with Crippen LogP contribution in [0.2, 0.25) is 0 Å². The first-order chi connectivity index (χ1) is 11.3. The van der Waals surface area contributed by atoms with Gasteiger partial charge in [-0.1, -0.05) is 18.2 Å². The van der Waals surface area contributed by atoms with E-state index in [1.165, 1.54) is 27.5 Å². The van der Waals surface area contributed by atoms with E-state index in [0.29, 0.717) is 12.2 Å². The van der Waals surface area contributed by atoms with Crippen LogP contribution in [0.25, 0.3) is 21.8 Å². The molecule has 3 heterocycles. The molecule has 0 aliphatic carbocycles. The van der Waals surface area contributed by atoms with Crippen molar-refractivity contribution in [3.8, 4) is 0 Å². The van der Waals surface area contributed by atoms with Crippen LogP contribution in [0.3, 0.4) is 0 Å². The van der Waals surface area contributed by atoms with E-state index in [1.807, 2.05) is 0 Å². The lowest BCUT2D eigenvalue weighted by molar-refractivity contribution is 0.389. The van der Waals surface area contributed by atoms with E-state index in [0.717, 1.165) is 26.3 Å². The Morgan fingerprint density at radius 1 is 0.957 bits per heavy atom. The average molecular weight is 308 g/mol. The molecule has 4 heteroatoms. The highest BCUT2D eigenvalue weighted by atomic mass is 16.6. The molecule has 0 radical (unpaired) electrons. The number of epoxide rings is 2. The van der Waals surface area contributed by atoms with E-state index in [2.05, 4.69) is 59.0 Å². The number of aryl methyl sites for hydroxylation is 1. The van der Waals surface area contributed by atoms with E-state index < -0.39 is 0 Å². The lowest BCUT2D eigenvalue weighted by Crippen LogP contribution is -2.31. The summed E-state index contributed by atoms with van der Waals surface area (Å²) >= 11 is 0. The van der Waals surface area contributed by atoms with Crippen molar-refractivity contribution in [1.82, 2.24) is 4.57 Å². The maximum absolute atomic E-state index is 5.44. The maximum Gasteiger partial charge on any atom is 0.0984 e. The predicted octanol–water partition coefficient (Wildman–Crippen LogP) is 2.94. The Kier molecular flexibility index (Phi) is 2.90. The first kappa shape index (κ1) is 13.4. The van der Waals surface area contributed by atoms with Crippen LogP contribution in [0.5, 0.6) is 0 Å². The third-order valence-electron chi connectivity index (χ3n) is 4.91. The molecule has 2 aliphatic heterocycles. The highest BCUT2D eigenvalue weighted by Crippen LogP contribution is 2.32. The van der Waals surface area contributed by atoms with Gasteiger partial charge < -0.3 is 18.9 Å². The summed E-state index contributed by atoms with van der Waals surface area (Å²) in [5.74, 6) is 0. The summed E-state index contributed by atoms with van der Waals surface area (Å²) in [7, 11) is 2.14. The highest BCUT2D eigenvalue weighted by Gasteiger charge is 2.31. The summed E-state index contributed by atoms with van der Waals surface area (Å²) < 4.78 is 13.1. The van der Waals surface area contributed by atoms with Gasteiger partial charge in [0.2, 0.25) is 0 Å². The Morgan fingerprint density at radius 2 is 1.61 bits per heavy atom. The highest BCUT2D eigenvalue weighted by molar-refractivity contribution is 6.09. The number of rotatable bonds is 5. The van der Waals surface area contributed by atoms with Gasteiger partial charge in [0.15, 0.2) is 0 Å². The zero-order valence-corrected chi connectivity index (χ0v) is 13.2. The van der Waals surface area contributed by atoms with Crippen LogP contribution >= 0.6 is 0 Å². The fourth-order valence-corrected chi connectivity index (χ4v) is 3.48. The van der Waals surface area contributed by atoms with Crippen LogP contribution < -0.4 is 4.90 Å². The standard InChI is InChI=1S/C19H20N2O2/c1-20-18-5-3-2-4-16(18)17-8-13(6-7-19(17)20)21(9-14-11-22-14)10-15-12-23-15/h2-8,14-15H,9-12H2,1H3. The van der Waals surface area contributed by atoms with Crippen molar-refractivity contribution in [2.75, 3.05) is 31.2 Å². The van der Waals surface area contributed by atoms with Gasteiger partial charge in [0.25, 0.3) is 0 Å². The lowest BCUT2D eigenvalue weighted by atomic mass is 10.1. The van der Waals surface area contributed by atoms with Gasteiger partial charge in [0.1, 0.15) is 0 Å². The van der Waals surface area contributed by atoms with Gasteiger partial charge in [-0.2, -0.15) is 0 Å². The number of ether oxygens (including phenoxy) is 2. The molecule has 5 rings (SSSR count). The summed E-state index contributed by atoms with van der Waals surface area (Å²) in [6, 6.07) is 15.4. The van der Waals surface area contributed by atoms with Crippen molar-refractivity contribution in [3.63, 3.8) is 0 Å². The predicted molar refractivity (Wildman–Crippen MR) is 92.1 cm³/mol. The zero-order valence-electron chi connectivity index (χ0n) is 13.2. The van der Waals surface area contributed by atoms with Crippen molar-refractivity contribution in [1.29, 1.82) is 0 Å². The molecule has 118 valence electrons. The Bertz CT molecular complexity index is 864. The number of hydrogen-bond donors (Lipinski definition) is 0. The van der Waals surface area contributed by atoms with Crippen LogP contribution in [0.15, 0.2) is 42.5 Å². The Morgan fingerprint density at radius 3 is 2.30 bits per heavy atom. The molecule has 0 N–H and O–H groups in total. The van der Waals surface area contributed by atoms with E-state index in [9.17, 15) is 0 Å². The number of aromatic nitrogens is 1. The molecule has 2 saturated heterocycles. The molecule has 2 fully saturated rings. The van der Waals surface area contributed by atoms with Gasteiger partial charge in [0.05, 0.1) is 25.4 Å². The zero-order chi connectivity index (χ0) is 15.4. The third-order valence-corrected chi connectivity index (χ3v) is 4.91. The van der Waals surface area contributed by atoms with Crippen molar-refractivity contribution < 1.29 is 9.47 Å². The molecule has 0 spiro atoms. The molecule has 23 heavy (non-hydrogen) atoms. The van der Waals surface area contributed by atoms with Gasteiger partial charge in [-0.05, 0) is 24.3 Å². The number of hydrogen-bond acceptors (Lipinski definition) is 3. The van der Waals surface area contributed by atoms with Crippen LogP contribution in [0.1, 0.15) is 0 Å². The fraction of sp³-hybridized carbons (Fsp3) is 0.368. The van der Waals surface area contributed by atoms with E-state index in [-0.39, 0.29) is 0 Å². The molecular formula is C19H20N2O2. The van der Waals surface area contributed by atoms with Gasteiger partial charge in [0, 0.05) is 47.6 Å². The summed E-state index contributed by atoms with van der Waals surface area (Å²) in [6.07, 6.45) is 0.772. The molecule has 0 bridgehead atoms. The second kappa shape index (κ2) is 4.98. The van der Waals surface area contributed by atoms with Crippen LogP contribution in [-0.2, 0) is 16.5 Å². The third kappa shape index (κ3) is 2.38. The molecule has 2 aromatic carbocycles. The van der Waals surface area contributed by atoms with E-state index >= 15 is 0 Å². The monoisotopic (exact) mass is 308 g/mol. The summed E-state index contributed by atoms with van der Waals surface area (Å²) in [5, 5.41) is 2.64. The number of nitrogens with zero attached hydrogens (tertiary/aromatic N) is 2. The van der Waals surface area contributed by atoms with Gasteiger partial charge >= 0.3 is 0 Å². The topological polar surface area (TPSA) is 33.2 Å². The molecule has 0 saturated carbocycles. The first-order valence-electron chi connectivity index (χ1n) is 8.25. The van der Waals surface area contributed by atoms with Crippen molar-refractivity contribution in [2.24, 2.45) is 7.05 Å². The SMILES string of the molecule is Cn1c2ccccc2c2cc(N(CC3CO3)CC3CO3)ccc21. The molecule has 3 aromatic rings. The second-order valence-electron chi connectivity index (χ2n) is 6.59. The number of fused-ring (bicyclic) bond motifs is 3. The molecule has 2 atom stereocenters. The van der Waals surface area contributed by atoms with Gasteiger partial charge in [-0.3, -0.25) is 0 Å². The smallest absolute Gasteiger partial charge is 0.0984 e. The van der Waals surface area contributed by atoms with Crippen molar-refractivity contribution in [3.05, 3.63) is 42.5 Å². The lowest BCUT2D eigenvalue weighted by Gasteiger charge is -2.23. The molecule has 0 amide bonds. The van der Waals surface area contributed by atoms with Crippen molar-refractivity contribution in [2.45, 2.75) is 12.2 Å². The van der Waals surface area contributed by atoms with Crippen LogP contribution in [-0.4, -0.2) is 43.1 Å². The minimum atomic E-state index is 0.386. The van der Waals surface area contributed by atoms with Crippen molar-refractivity contribution >= 4 is 27.5 Å². The van der Waals surface area contributed by atoms with Crippen LogP contribution in [0.4, 0.5) is 5.69 Å². The normalized spacial score (nSPS) is 22.7. The molecule has 2 aliphatic rings. The summed E-state index contributed by atoms with van der Waals surface area (Å²) in [5.41, 5.74) is 3.82. The number of para-hydroxylation sites is 1. The minimum absolute atomic E-state index is 0.386. The largest absolute Gasteiger partial charge is 0.371 e. The number of anilines is 1. The second-order valence-corrected chi connectivity index (χ2v) is 6.59. The van der Waals surface area contributed by atoms with Crippen LogP contribution in [0, 0.1) is 0 Å².